The second kappa shape index (κ2) is 7.27. The van der Waals surface area contributed by atoms with Crippen molar-refractivity contribution < 1.29 is 22.7 Å². The molecule has 0 aliphatic carbocycles. The molecule has 2 aromatic rings. The normalized spacial score (nSPS) is 17.4. The number of fused-ring (bicyclic) bond motifs is 1. The maximum atomic E-state index is 12.8. The summed E-state index contributed by atoms with van der Waals surface area (Å²) in [6, 6.07) is 13.3. The van der Waals surface area contributed by atoms with Gasteiger partial charge in [-0.2, -0.15) is 0 Å². The lowest BCUT2D eigenvalue weighted by Gasteiger charge is -2.32. The molecule has 8 heteroatoms. The van der Waals surface area contributed by atoms with Crippen LogP contribution < -0.4 is 10.1 Å². The molecule has 2 amide bonds. The largest absolute Gasteiger partial charge is 0.482 e. The lowest BCUT2D eigenvalue weighted by molar-refractivity contribution is -0.118. The van der Waals surface area contributed by atoms with Crippen LogP contribution in [0.3, 0.4) is 0 Å². The first kappa shape index (κ1) is 18.5. The van der Waals surface area contributed by atoms with Crippen LogP contribution >= 0.6 is 0 Å². The number of ether oxygens (including phenoxy) is 1. The maximum Gasteiger partial charge on any atom is 0.262 e. The number of anilines is 1. The Hall–Kier alpha value is -2.87. The van der Waals surface area contributed by atoms with Crippen LogP contribution in [0, 0.1) is 0 Å². The van der Waals surface area contributed by atoms with Gasteiger partial charge in [0.1, 0.15) is 5.75 Å². The number of amides is 2. The summed E-state index contributed by atoms with van der Waals surface area (Å²) in [6.07, 6.45) is 0.793. The highest BCUT2D eigenvalue weighted by Gasteiger charge is 2.33. The van der Waals surface area contributed by atoms with Crippen molar-refractivity contribution in [1.29, 1.82) is 0 Å². The van der Waals surface area contributed by atoms with E-state index in [2.05, 4.69) is 5.32 Å². The number of likely N-dealkylation sites (tertiary alicyclic amines) is 1. The Morgan fingerprint density at radius 1 is 1.07 bits per heavy atom. The third-order valence-electron chi connectivity index (χ3n) is 5.10. The molecule has 2 aliphatic heterocycles. The van der Waals surface area contributed by atoms with E-state index in [9.17, 15) is 18.0 Å². The fraction of sp³-hybridized carbons (Fsp3) is 0.300. The monoisotopic (exact) mass is 400 g/mol. The average molecular weight is 400 g/mol. The van der Waals surface area contributed by atoms with Crippen molar-refractivity contribution in [1.82, 2.24) is 4.90 Å². The minimum absolute atomic E-state index is 0.0380. The average Bonchev–Trinajstić information content (AvgIpc) is 2.73. The maximum absolute atomic E-state index is 12.8. The zero-order valence-corrected chi connectivity index (χ0v) is 15.9. The highest BCUT2D eigenvalue weighted by Crippen LogP contribution is 2.30. The van der Waals surface area contributed by atoms with E-state index in [-0.39, 0.29) is 18.4 Å². The van der Waals surface area contributed by atoms with Crippen molar-refractivity contribution in [2.24, 2.45) is 0 Å². The Morgan fingerprint density at radius 2 is 1.79 bits per heavy atom. The van der Waals surface area contributed by atoms with Gasteiger partial charge in [0.25, 0.3) is 11.8 Å². The number of benzene rings is 2. The van der Waals surface area contributed by atoms with Crippen LogP contribution in [0.15, 0.2) is 53.4 Å². The molecular weight excluding hydrogens is 380 g/mol. The molecular formula is C20H20N2O5S. The van der Waals surface area contributed by atoms with Crippen molar-refractivity contribution in [2.75, 3.05) is 25.0 Å². The van der Waals surface area contributed by atoms with Gasteiger partial charge in [0.2, 0.25) is 0 Å². The topological polar surface area (TPSA) is 92.8 Å². The summed E-state index contributed by atoms with van der Waals surface area (Å²) >= 11 is 0. The summed E-state index contributed by atoms with van der Waals surface area (Å²) < 4.78 is 30.8. The standard InChI is InChI=1S/C20H20N2O5S/c23-19-13-27-18-7-6-14(12-17(18)21-19)20(24)22-10-8-16(9-11-22)28(25,26)15-4-2-1-3-5-15/h1-7,12,16H,8-11,13H2,(H,21,23). The molecule has 0 aromatic heterocycles. The molecule has 1 N–H and O–H groups in total. The van der Waals surface area contributed by atoms with Crippen LogP contribution in [0.2, 0.25) is 0 Å². The third kappa shape index (κ3) is 3.47. The number of nitrogens with zero attached hydrogens (tertiary/aromatic N) is 1. The van der Waals surface area contributed by atoms with Gasteiger partial charge in [0, 0.05) is 18.7 Å². The predicted molar refractivity (Wildman–Crippen MR) is 103 cm³/mol. The summed E-state index contributed by atoms with van der Waals surface area (Å²) in [5, 5.41) is 2.20. The molecule has 7 nitrogen and oxygen atoms in total. The predicted octanol–water partition coefficient (Wildman–Crippen LogP) is 2.10. The number of nitrogens with one attached hydrogen (secondary N) is 1. The Balaban J connectivity index is 1.45. The number of sulfone groups is 1. The summed E-state index contributed by atoms with van der Waals surface area (Å²) in [5.74, 6) is 0.0889. The first-order valence-corrected chi connectivity index (χ1v) is 10.6. The zero-order valence-electron chi connectivity index (χ0n) is 15.1. The van der Waals surface area contributed by atoms with Gasteiger partial charge in [0.15, 0.2) is 16.4 Å². The molecule has 2 aliphatic rings. The number of rotatable bonds is 3. The minimum atomic E-state index is -3.40. The molecule has 2 aromatic carbocycles. The van der Waals surface area contributed by atoms with E-state index in [1.54, 1.807) is 53.4 Å². The van der Waals surface area contributed by atoms with Gasteiger partial charge in [-0.15, -0.1) is 0 Å². The molecule has 0 radical (unpaired) electrons. The molecule has 4 rings (SSSR count). The van der Waals surface area contributed by atoms with Gasteiger partial charge < -0.3 is 15.0 Å². The van der Waals surface area contributed by atoms with E-state index < -0.39 is 15.1 Å². The molecule has 1 fully saturated rings. The number of piperidine rings is 1. The molecule has 0 unspecified atom stereocenters. The molecule has 0 spiro atoms. The van der Waals surface area contributed by atoms with Crippen molar-refractivity contribution in [3.63, 3.8) is 0 Å². The van der Waals surface area contributed by atoms with Gasteiger partial charge in [-0.3, -0.25) is 9.59 Å². The fourth-order valence-electron chi connectivity index (χ4n) is 3.57. The minimum Gasteiger partial charge on any atom is -0.482 e. The van der Waals surface area contributed by atoms with Gasteiger partial charge in [-0.05, 0) is 43.2 Å². The quantitative estimate of drug-likeness (QED) is 0.852. The third-order valence-corrected chi connectivity index (χ3v) is 7.38. The summed E-state index contributed by atoms with van der Waals surface area (Å²) in [7, 11) is -3.40. The van der Waals surface area contributed by atoms with E-state index in [1.807, 2.05) is 0 Å². The Kier molecular flexibility index (Phi) is 4.80. The summed E-state index contributed by atoms with van der Waals surface area (Å²) in [5.41, 5.74) is 0.914. The molecule has 146 valence electrons. The summed E-state index contributed by atoms with van der Waals surface area (Å²) in [6.45, 7) is 0.703. The number of hydrogen-bond acceptors (Lipinski definition) is 5. The van der Waals surface area contributed by atoms with E-state index in [4.69, 9.17) is 4.74 Å². The van der Waals surface area contributed by atoms with Gasteiger partial charge in [-0.1, -0.05) is 18.2 Å². The Labute approximate surface area is 163 Å². The van der Waals surface area contributed by atoms with E-state index >= 15 is 0 Å². The lowest BCUT2D eigenvalue weighted by Crippen LogP contribution is -2.42. The smallest absolute Gasteiger partial charge is 0.262 e. The Bertz CT molecular complexity index is 1010. The van der Waals surface area contributed by atoms with Crippen molar-refractivity contribution in [2.45, 2.75) is 23.0 Å². The molecule has 0 atom stereocenters. The van der Waals surface area contributed by atoms with E-state index in [1.165, 1.54) is 0 Å². The van der Waals surface area contributed by atoms with Crippen LogP contribution in [-0.4, -0.2) is 50.1 Å². The first-order valence-electron chi connectivity index (χ1n) is 9.10. The van der Waals surface area contributed by atoms with Gasteiger partial charge in [-0.25, -0.2) is 8.42 Å². The fourth-order valence-corrected chi connectivity index (χ4v) is 5.32. The van der Waals surface area contributed by atoms with Gasteiger partial charge in [0.05, 0.1) is 15.8 Å². The lowest BCUT2D eigenvalue weighted by atomic mass is 10.1. The SMILES string of the molecule is O=C1COc2ccc(C(=O)N3CCC(S(=O)(=O)c4ccccc4)CC3)cc2N1. The van der Waals surface area contributed by atoms with E-state index in [0.717, 1.165) is 0 Å². The molecule has 0 bridgehead atoms. The van der Waals surface area contributed by atoms with Crippen LogP contribution in [0.25, 0.3) is 0 Å². The zero-order chi connectivity index (χ0) is 19.7. The second-order valence-electron chi connectivity index (χ2n) is 6.90. The van der Waals surface area contributed by atoms with Gasteiger partial charge >= 0.3 is 0 Å². The Morgan fingerprint density at radius 3 is 2.50 bits per heavy atom. The van der Waals surface area contributed by atoms with Crippen LogP contribution in [0.1, 0.15) is 23.2 Å². The molecule has 28 heavy (non-hydrogen) atoms. The highest BCUT2D eigenvalue weighted by atomic mass is 32.2. The molecule has 0 saturated carbocycles. The molecule has 1 saturated heterocycles. The van der Waals surface area contributed by atoms with Crippen molar-refractivity contribution in [3.05, 3.63) is 54.1 Å². The van der Waals surface area contributed by atoms with Crippen LogP contribution in [0.4, 0.5) is 5.69 Å². The van der Waals surface area contributed by atoms with E-state index in [0.29, 0.717) is 47.8 Å². The van der Waals surface area contributed by atoms with Crippen LogP contribution in [0.5, 0.6) is 5.75 Å². The number of hydrogen-bond donors (Lipinski definition) is 1. The highest BCUT2D eigenvalue weighted by molar-refractivity contribution is 7.92. The second-order valence-corrected chi connectivity index (χ2v) is 9.13. The first-order chi connectivity index (χ1) is 13.4. The number of carbonyl (C=O) groups is 2. The number of carbonyl (C=O) groups excluding carboxylic acids is 2. The summed E-state index contributed by atoms with van der Waals surface area (Å²) in [4.78, 5) is 26.3. The van der Waals surface area contributed by atoms with Crippen molar-refractivity contribution in [3.8, 4) is 5.75 Å². The van der Waals surface area contributed by atoms with Crippen LogP contribution in [-0.2, 0) is 14.6 Å². The molecule has 2 heterocycles. The van der Waals surface area contributed by atoms with Crippen molar-refractivity contribution >= 4 is 27.3 Å².